The quantitative estimate of drug-likeness (QED) is 0.934. The zero-order valence-corrected chi connectivity index (χ0v) is 12.6. The van der Waals surface area contributed by atoms with E-state index in [1.54, 1.807) is 12.3 Å². The van der Waals surface area contributed by atoms with Gasteiger partial charge in [-0.3, -0.25) is 4.79 Å². The lowest BCUT2D eigenvalue weighted by atomic mass is 9.96. The molecule has 0 aliphatic heterocycles. The van der Waals surface area contributed by atoms with Crippen LogP contribution in [0.4, 0.5) is 0 Å². The first-order valence-electron chi connectivity index (χ1n) is 6.91. The van der Waals surface area contributed by atoms with Crippen molar-refractivity contribution in [3.63, 3.8) is 0 Å². The monoisotopic (exact) mass is 284 g/mol. The predicted molar refractivity (Wildman–Crippen MR) is 82.1 cm³/mol. The maximum atomic E-state index is 11.8. The van der Waals surface area contributed by atoms with Gasteiger partial charge in [0.15, 0.2) is 0 Å². The summed E-state index contributed by atoms with van der Waals surface area (Å²) >= 11 is 0. The minimum Gasteiger partial charge on any atom is -0.439 e. The molecular formula is C17H20N2O2. The number of aromatic nitrogens is 1. The molecule has 1 N–H and O–H groups in total. The standard InChI is InChI=1S/C17H20N2O2/c1-17(2,3)16(20)19-12-13-9-10-15(18-11-13)21-14-7-5-4-6-8-14/h4-11H,12H2,1-3H3,(H,19,20). The molecule has 4 heteroatoms. The first kappa shape index (κ1) is 15.0. The van der Waals surface area contributed by atoms with Gasteiger partial charge < -0.3 is 10.1 Å². The number of carbonyl (C=O) groups is 1. The van der Waals surface area contributed by atoms with E-state index >= 15 is 0 Å². The molecule has 0 unspecified atom stereocenters. The summed E-state index contributed by atoms with van der Waals surface area (Å²) in [6, 6.07) is 13.2. The third kappa shape index (κ3) is 4.60. The number of hydrogen-bond donors (Lipinski definition) is 1. The maximum absolute atomic E-state index is 11.8. The molecule has 0 aliphatic rings. The van der Waals surface area contributed by atoms with Crippen molar-refractivity contribution in [2.24, 2.45) is 5.41 Å². The Morgan fingerprint density at radius 1 is 1.14 bits per heavy atom. The number of para-hydroxylation sites is 1. The molecule has 1 amide bonds. The molecule has 2 aromatic rings. The van der Waals surface area contributed by atoms with Crippen molar-refractivity contribution in [1.29, 1.82) is 0 Å². The third-order valence-electron chi connectivity index (χ3n) is 2.90. The van der Waals surface area contributed by atoms with E-state index < -0.39 is 0 Å². The Morgan fingerprint density at radius 2 is 1.86 bits per heavy atom. The molecular weight excluding hydrogens is 264 g/mol. The summed E-state index contributed by atoms with van der Waals surface area (Å²) < 4.78 is 5.61. The van der Waals surface area contributed by atoms with E-state index in [1.807, 2.05) is 57.2 Å². The van der Waals surface area contributed by atoms with E-state index in [-0.39, 0.29) is 11.3 Å². The SMILES string of the molecule is CC(C)(C)C(=O)NCc1ccc(Oc2ccccc2)nc1. The van der Waals surface area contributed by atoms with Gasteiger partial charge in [-0.2, -0.15) is 0 Å². The van der Waals surface area contributed by atoms with Gasteiger partial charge in [-0.25, -0.2) is 4.98 Å². The molecule has 0 fully saturated rings. The largest absolute Gasteiger partial charge is 0.439 e. The predicted octanol–water partition coefficient (Wildman–Crippen LogP) is 3.54. The van der Waals surface area contributed by atoms with Crippen LogP contribution in [-0.4, -0.2) is 10.9 Å². The summed E-state index contributed by atoms with van der Waals surface area (Å²) in [6.45, 7) is 6.13. The number of pyridine rings is 1. The van der Waals surface area contributed by atoms with Gasteiger partial charge in [-0.1, -0.05) is 45.0 Å². The van der Waals surface area contributed by atoms with Gasteiger partial charge >= 0.3 is 0 Å². The van der Waals surface area contributed by atoms with Crippen molar-refractivity contribution in [2.45, 2.75) is 27.3 Å². The Hall–Kier alpha value is -2.36. The van der Waals surface area contributed by atoms with Crippen LogP contribution in [0, 0.1) is 5.41 Å². The average Bonchev–Trinajstić information content (AvgIpc) is 2.46. The Bertz CT molecular complexity index is 586. The molecule has 1 aromatic carbocycles. The Balaban J connectivity index is 1.92. The van der Waals surface area contributed by atoms with E-state index in [2.05, 4.69) is 10.3 Å². The lowest BCUT2D eigenvalue weighted by Gasteiger charge is -2.17. The number of hydrogen-bond acceptors (Lipinski definition) is 3. The number of amides is 1. The van der Waals surface area contributed by atoms with Crippen molar-refractivity contribution >= 4 is 5.91 Å². The highest BCUT2D eigenvalue weighted by molar-refractivity contribution is 5.81. The zero-order chi connectivity index (χ0) is 15.3. The summed E-state index contributed by atoms with van der Waals surface area (Å²) in [5.41, 5.74) is 0.553. The molecule has 0 saturated heterocycles. The van der Waals surface area contributed by atoms with Crippen molar-refractivity contribution in [1.82, 2.24) is 10.3 Å². The summed E-state index contributed by atoms with van der Waals surface area (Å²) in [7, 11) is 0. The fraction of sp³-hybridized carbons (Fsp3) is 0.294. The fourth-order valence-corrected chi connectivity index (χ4v) is 1.63. The minimum absolute atomic E-state index is 0.0205. The molecule has 1 aromatic heterocycles. The van der Waals surface area contributed by atoms with Gasteiger partial charge in [-0.05, 0) is 17.7 Å². The molecule has 4 nitrogen and oxygen atoms in total. The summed E-state index contributed by atoms with van der Waals surface area (Å²) in [5.74, 6) is 1.30. The van der Waals surface area contributed by atoms with Gasteiger partial charge in [0, 0.05) is 24.2 Å². The number of benzene rings is 1. The van der Waals surface area contributed by atoms with Gasteiger partial charge in [0.05, 0.1) is 0 Å². The van der Waals surface area contributed by atoms with E-state index in [1.165, 1.54) is 0 Å². The fourth-order valence-electron chi connectivity index (χ4n) is 1.63. The molecule has 0 aliphatic carbocycles. The molecule has 110 valence electrons. The van der Waals surface area contributed by atoms with Crippen LogP contribution in [0.1, 0.15) is 26.3 Å². The third-order valence-corrected chi connectivity index (χ3v) is 2.90. The van der Waals surface area contributed by atoms with Gasteiger partial charge in [0.25, 0.3) is 0 Å². The van der Waals surface area contributed by atoms with Crippen LogP contribution in [0.15, 0.2) is 48.7 Å². The second-order valence-electron chi connectivity index (χ2n) is 5.85. The minimum atomic E-state index is -0.385. The van der Waals surface area contributed by atoms with Crippen LogP contribution >= 0.6 is 0 Å². The molecule has 21 heavy (non-hydrogen) atoms. The summed E-state index contributed by atoms with van der Waals surface area (Å²) in [4.78, 5) is 16.0. The first-order valence-corrected chi connectivity index (χ1v) is 6.91. The van der Waals surface area contributed by atoms with E-state index in [9.17, 15) is 4.79 Å². The van der Waals surface area contributed by atoms with Crippen molar-refractivity contribution in [3.8, 4) is 11.6 Å². The highest BCUT2D eigenvalue weighted by atomic mass is 16.5. The van der Waals surface area contributed by atoms with Gasteiger partial charge in [0.1, 0.15) is 5.75 Å². The number of nitrogens with zero attached hydrogens (tertiary/aromatic N) is 1. The zero-order valence-electron chi connectivity index (χ0n) is 12.6. The maximum Gasteiger partial charge on any atom is 0.225 e. The normalized spacial score (nSPS) is 11.0. The Morgan fingerprint density at radius 3 is 2.43 bits per heavy atom. The van der Waals surface area contributed by atoms with E-state index in [4.69, 9.17) is 4.74 Å². The molecule has 0 saturated carbocycles. The summed E-state index contributed by atoms with van der Waals surface area (Å²) in [5, 5.41) is 2.89. The van der Waals surface area contributed by atoms with Crippen LogP contribution < -0.4 is 10.1 Å². The van der Waals surface area contributed by atoms with Crippen molar-refractivity contribution in [3.05, 3.63) is 54.2 Å². The number of carbonyl (C=O) groups excluding carboxylic acids is 1. The molecule has 2 rings (SSSR count). The smallest absolute Gasteiger partial charge is 0.225 e. The Kier molecular flexibility index (Phi) is 4.58. The van der Waals surface area contributed by atoms with Crippen LogP contribution in [0.2, 0.25) is 0 Å². The second kappa shape index (κ2) is 6.39. The second-order valence-corrected chi connectivity index (χ2v) is 5.85. The van der Waals surface area contributed by atoms with Crippen molar-refractivity contribution < 1.29 is 9.53 Å². The highest BCUT2D eigenvalue weighted by Crippen LogP contribution is 2.18. The topological polar surface area (TPSA) is 51.2 Å². The molecule has 0 radical (unpaired) electrons. The lowest BCUT2D eigenvalue weighted by Crippen LogP contribution is -2.34. The first-order chi connectivity index (χ1) is 9.95. The number of rotatable bonds is 4. The van der Waals surface area contributed by atoms with Crippen molar-refractivity contribution in [2.75, 3.05) is 0 Å². The van der Waals surface area contributed by atoms with E-state index in [0.29, 0.717) is 12.4 Å². The lowest BCUT2D eigenvalue weighted by molar-refractivity contribution is -0.128. The summed E-state index contributed by atoms with van der Waals surface area (Å²) in [6.07, 6.45) is 1.71. The van der Waals surface area contributed by atoms with Crippen LogP contribution in [0.5, 0.6) is 11.6 Å². The van der Waals surface area contributed by atoms with Crippen LogP contribution in [0.3, 0.4) is 0 Å². The highest BCUT2D eigenvalue weighted by Gasteiger charge is 2.20. The molecule has 0 spiro atoms. The Labute approximate surface area is 125 Å². The van der Waals surface area contributed by atoms with E-state index in [0.717, 1.165) is 11.3 Å². The molecule has 0 atom stereocenters. The van der Waals surface area contributed by atoms with Crippen LogP contribution in [-0.2, 0) is 11.3 Å². The van der Waals surface area contributed by atoms with Gasteiger partial charge in [-0.15, -0.1) is 0 Å². The van der Waals surface area contributed by atoms with Crippen LogP contribution in [0.25, 0.3) is 0 Å². The number of ether oxygens (including phenoxy) is 1. The average molecular weight is 284 g/mol. The van der Waals surface area contributed by atoms with Gasteiger partial charge in [0.2, 0.25) is 11.8 Å². The molecule has 0 bridgehead atoms. The molecule has 1 heterocycles. The number of nitrogens with one attached hydrogen (secondary N) is 1.